The normalized spacial score (nSPS) is 11.0. The number of amides is 1. The Morgan fingerprint density at radius 1 is 1.15 bits per heavy atom. The molecule has 0 radical (unpaired) electrons. The van der Waals surface area contributed by atoms with Crippen LogP contribution in [0.2, 0.25) is 0 Å². The zero-order valence-corrected chi connectivity index (χ0v) is 17.2. The van der Waals surface area contributed by atoms with Crippen LogP contribution in [-0.2, 0) is 20.7 Å². The molecule has 8 nitrogen and oxygen atoms in total. The van der Waals surface area contributed by atoms with Gasteiger partial charge in [-0.3, -0.25) is 9.59 Å². The van der Waals surface area contributed by atoms with Crippen LogP contribution in [0.25, 0.3) is 5.78 Å². The van der Waals surface area contributed by atoms with Gasteiger partial charge in [0, 0.05) is 30.8 Å². The van der Waals surface area contributed by atoms with Crippen LogP contribution in [0.15, 0.2) is 5.16 Å². The average molecular weight is 394 g/mol. The molecule has 1 N–H and O–H groups in total. The molecule has 0 aliphatic carbocycles. The highest BCUT2D eigenvalue weighted by atomic mass is 32.2. The number of hydrogen-bond acceptors (Lipinski definition) is 7. The fourth-order valence-corrected chi connectivity index (χ4v) is 3.20. The van der Waals surface area contributed by atoms with E-state index in [-0.39, 0.29) is 11.9 Å². The third-order valence-corrected chi connectivity index (χ3v) is 4.96. The number of hydrogen-bond donors (Lipinski definition) is 1. The number of nitrogens with zero attached hydrogens (tertiary/aromatic N) is 4. The molecule has 0 bridgehead atoms. The standard InChI is InChI=1S/C18H27N5O3S/c1-12-14(13(2)23-17(20-12)21-18(22-23)27-4)9-10-15(24)19-11-7-5-6-8-16(25)26-3/h5-11H2,1-4H3,(H,19,24). The minimum atomic E-state index is -0.188. The number of ether oxygens (including phenoxy) is 1. The summed E-state index contributed by atoms with van der Waals surface area (Å²) >= 11 is 1.48. The van der Waals surface area contributed by atoms with Crippen molar-refractivity contribution in [3.63, 3.8) is 0 Å². The molecule has 2 heterocycles. The van der Waals surface area contributed by atoms with E-state index in [0.29, 0.717) is 36.7 Å². The number of fused-ring (bicyclic) bond motifs is 1. The fraction of sp³-hybridized carbons (Fsp3) is 0.611. The van der Waals surface area contributed by atoms with Crippen molar-refractivity contribution in [2.24, 2.45) is 0 Å². The minimum Gasteiger partial charge on any atom is -0.469 e. The van der Waals surface area contributed by atoms with Gasteiger partial charge in [-0.25, -0.2) is 9.50 Å². The van der Waals surface area contributed by atoms with Crippen molar-refractivity contribution in [3.8, 4) is 0 Å². The predicted molar refractivity (Wildman–Crippen MR) is 104 cm³/mol. The maximum atomic E-state index is 12.1. The predicted octanol–water partition coefficient (Wildman–Crippen LogP) is 2.25. The van der Waals surface area contributed by atoms with Crippen LogP contribution in [0.5, 0.6) is 0 Å². The Morgan fingerprint density at radius 2 is 1.93 bits per heavy atom. The van der Waals surface area contributed by atoms with E-state index in [1.165, 1.54) is 18.9 Å². The smallest absolute Gasteiger partial charge is 0.305 e. The molecular formula is C18H27N5O3S. The first-order valence-corrected chi connectivity index (χ1v) is 10.3. The molecule has 148 valence electrons. The molecule has 2 rings (SSSR count). The minimum absolute atomic E-state index is 0.0188. The van der Waals surface area contributed by atoms with Gasteiger partial charge in [-0.05, 0) is 44.9 Å². The lowest BCUT2D eigenvalue weighted by Gasteiger charge is -2.10. The van der Waals surface area contributed by atoms with Crippen LogP contribution in [0.4, 0.5) is 0 Å². The second-order valence-electron chi connectivity index (χ2n) is 6.31. The molecule has 0 saturated heterocycles. The number of methoxy groups -OCH3 is 1. The van der Waals surface area contributed by atoms with Gasteiger partial charge in [-0.2, -0.15) is 4.98 Å². The number of aryl methyl sites for hydroxylation is 2. The van der Waals surface area contributed by atoms with Crippen LogP contribution >= 0.6 is 11.8 Å². The molecule has 0 atom stereocenters. The maximum absolute atomic E-state index is 12.1. The summed E-state index contributed by atoms with van der Waals surface area (Å²) in [5.74, 6) is 0.423. The van der Waals surface area contributed by atoms with Crippen LogP contribution < -0.4 is 5.32 Å². The van der Waals surface area contributed by atoms with Crippen molar-refractivity contribution < 1.29 is 14.3 Å². The highest BCUT2D eigenvalue weighted by molar-refractivity contribution is 7.98. The Bertz CT molecular complexity index is 806. The zero-order valence-electron chi connectivity index (χ0n) is 16.4. The number of rotatable bonds is 10. The number of esters is 1. The topological polar surface area (TPSA) is 98.5 Å². The summed E-state index contributed by atoms with van der Waals surface area (Å²) in [7, 11) is 1.39. The van der Waals surface area contributed by atoms with E-state index >= 15 is 0 Å². The Balaban J connectivity index is 1.80. The van der Waals surface area contributed by atoms with Gasteiger partial charge < -0.3 is 10.1 Å². The van der Waals surface area contributed by atoms with Crippen molar-refractivity contribution in [2.75, 3.05) is 19.9 Å². The van der Waals surface area contributed by atoms with E-state index < -0.39 is 0 Å². The highest BCUT2D eigenvalue weighted by Gasteiger charge is 2.14. The quantitative estimate of drug-likeness (QED) is 0.375. The van der Waals surface area contributed by atoms with E-state index in [0.717, 1.165) is 36.2 Å². The summed E-state index contributed by atoms with van der Waals surface area (Å²) in [4.78, 5) is 32.0. The number of thioether (sulfide) groups is 1. The van der Waals surface area contributed by atoms with E-state index in [9.17, 15) is 9.59 Å². The number of carbonyl (C=O) groups excluding carboxylic acids is 2. The third kappa shape index (κ3) is 5.92. The number of aromatic nitrogens is 4. The summed E-state index contributed by atoms with van der Waals surface area (Å²) in [5, 5.41) is 8.05. The van der Waals surface area contributed by atoms with Crippen LogP contribution in [0, 0.1) is 13.8 Å². The van der Waals surface area contributed by atoms with Gasteiger partial charge >= 0.3 is 5.97 Å². The largest absolute Gasteiger partial charge is 0.469 e. The molecule has 1 amide bonds. The summed E-state index contributed by atoms with van der Waals surface area (Å²) in [6, 6.07) is 0. The molecule has 0 aliphatic heterocycles. The third-order valence-electron chi connectivity index (χ3n) is 4.42. The number of carbonyl (C=O) groups is 2. The van der Waals surface area contributed by atoms with Crippen molar-refractivity contribution in [2.45, 2.75) is 57.5 Å². The molecule has 0 fully saturated rings. The first kappa shape index (κ1) is 21.1. The van der Waals surface area contributed by atoms with Gasteiger partial charge in [0.2, 0.25) is 11.1 Å². The molecule has 0 aliphatic rings. The molecule has 0 spiro atoms. The highest BCUT2D eigenvalue weighted by Crippen LogP contribution is 2.18. The number of nitrogens with one attached hydrogen (secondary N) is 1. The van der Waals surface area contributed by atoms with Gasteiger partial charge in [-0.1, -0.05) is 18.2 Å². The zero-order chi connectivity index (χ0) is 19.8. The van der Waals surface area contributed by atoms with E-state index in [2.05, 4.69) is 25.1 Å². The summed E-state index contributed by atoms with van der Waals surface area (Å²) in [6.07, 6.45) is 5.90. The molecular weight excluding hydrogens is 366 g/mol. The SMILES string of the molecule is COC(=O)CCCCCNC(=O)CCc1c(C)nc2nc(SC)nn2c1C. The average Bonchev–Trinajstić information content (AvgIpc) is 3.07. The lowest BCUT2D eigenvalue weighted by Crippen LogP contribution is -2.25. The van der Waals surface area contributed by atoms with E-state index in [4.69, 9.17) is 0 Å². The second-order valence-corrected chi connectivity index (χ2v) is 7.08. The van der Waals surface area contributed by atoms with Crippen LogP contribution in [-0.4, -0.2) is 51.4 Å². The first-order valence-electron chi connectivity index (χ1n) is 9.06. The molecule has 0 aromatic carbocycles. The van der Waals surface area contributed by atoms with Gasteiger partial charge in [0.15, 0.2) is 0 Å². The molecule has 2 aromatic rings. The molecule has 2 aromatic heterocycles. The summed E-state index contributed by atoms with van der Waals surface area (Å²) < 4.78 is 6.34. The monoisotopic (exact) mass is 393 g/mol. The molecule has 27 heavy (non-hydrogen) atoms. The van der Waals surface area contributed by atoms with Crippen molar-refractivity contribution in [3.05, 3.63) is 17.0 Å². The Kier molecular flexibility index (Phi) is 8.02. The Labute approximate surface area is 163 Å². The summed E-state index contributed by atoms with van der Waals surface area (Å²) in [6.45, 7) is 4.54. The maximum Gasteiger partial charge on any atom is 0.305 e. The van der Waals surface area contributed by atoms with Gasteiger partial charge in [0.05, 0.1) is 7.11 Å². The summed E-state index contributed by atoms with van der Waals surface area (Å²) in [5.41, 5.74) is 2.89. The molecule has 0 unspecified atom stereocenters. The van der Waals surface area contributed by atoms with Crippen LogP contribution in [0.1, 0.15) is 49.1 Å². The van der Waals surface area contributed by atoms with Crippen molar-refractivity contribution >= 4 is 29.4 Å². The van der Waals surface area contributed by atoms with Crippen molar-refractivity contribution in [1.29, 1.82) is 0 Å². The Morgan fingerprint density at radius 3 is 2.63 bits per heavy atom. The van der Waals surface area contributed by atoms with E-state index in [1.807, 2.05) is 20.1 Å². The van der Waals surface area contributed by atoms with E-state index in [1.54, 1.807) is 4.52 Å². The lowest BCUT2D eigenvalue weighted by molar-refractivity contribution is -0.140. The second kappa shape index (κ2) is 10.2. The fourth-order valence-electron chi connectivity index (χ4n) is 2.87. The van der Waals surface area contributed by atoms with Gasteiger partial charge in [0.25, 0.3) is 5.78 Å². The molecule has 9 heteroatoms. The Hall–Kier alpha value is -2.16. The van der Waals surface area contributed by atoms with Crippen molar-refractivity contribution in [1.82, 2.24) is 24.9 Å². The van der Waals surface area contributed by atoms with Gasteiger partial charge in [0.1, 0.15) is 0 Å². The first-order chi connectivity index (χ1) is 13.0. The number of unbranched alkanes of at least 4 members (excludes halogenated alkanes) is 2. The lowest BCUT2D eigenvalue weighted by atomic mass is 10.1. The van der Waals surface area contributed by atoms with Gasteiger partial charge in [-0.15, -0.1) is 5.10 Å². The van der Waals surface area contributed by atoms with Crippen LogP contribution in [0.3, 0.4) is 0 Å². The molecule has 0 saturated carbocycles.